The van der Waals surface area contributed by atoms with E-state index in [0.29, 0.717) is 6.71 Å². The van der Waals surface area contributed by atoms with Gasteiger partial charge in [-0.1, -0.05) is 61.6 Å². The summed E-state index contributed by atoms with van der Waals surface area (Å²) in [6.07, 6.45) is 0.0797. The minimum atomic E-state index is 0.0797. The Morgan fingerprint density at radius 3 is 2.06 bits per heavy atom. The average Bonchev–Trinajstić information content (AvgIpc) is 2.40. The van der Waals surface area contributed by atoms with Gasteiger partial charge in [0.2, 0.25) is 0 Å². The number of rotatable bonds is 4. The van der Waals surface area contributed by atoms with Crippen LogP contribution < -0.4 is 10.2 Å². The standard InChI is InChI=1S/C16H19BO/c1-13(14-7-5-4-6-8-14)18-16-11-9-15(10-12-16)17(2)3/h4-13H,1-3H3. The summed E-state index contributed by atoms with van der Waals surface area (Å²) in [5.74, 6) is 0.927. The summed E-state index contributed by atoms with van der Waals surface area (Å²) in [4.78, 5) is 0. The van der Waals surface area contributed by atoms with Crippen molar-refractivity contribution in [1.29, 1.82) is 0 Å². The van der Waals surface area contributed by atoms with Gasteiger partial charge in [0, 0.05) is 0 Å². The Labute approximate surface area is 110 Å². The lowest BCUT2D eigenvalue weighted by Gasteiger charge is -2.15. The molecule has 0 aliphatic heterocycles. The molecule has 0 saturated carbocycles. The SMILES string of the molecule is CB(C)c1ccc(OC(C)c2ccccc2)cc1. The fourth-order valence-corrected chi connectivity index (χ4v) is 1.93. The molecule has 0 fully saturated rings. The summed E-state index contributed by atoms with van der Waals surface area (Å²) in [5, 5.41) is 0. The topological polar surface area (TPSA) is 9.23 Å². The highest BCUT2D eigenvalue weighted by Crippen LogP contribution is 2.20. The molecule has 2 heteroatoms. The fourth-order valence-electron chi connectivity index (χ4n) is 1.93. The van der Waals surface area contributed by atoms with E-state index >= 15 is 0 Å². The van der Waals surface area contributed by atoms with Crippen molar-refractivity contribution in [3.63, 3.8) is 0 Å². The Morgan fingerprint density at radius 2 is 1.50 bits per heavy atom. The van der Waals surface area contributed by atoms with E-state index in [9.17, 15) is 0 Å². The monoisotopic (exact) mass is 238 g/mol. The van der Waals surface area contributed by atoms with Crippen LogP contribution in [0, 0.1) is 0 Å². The largest absolute Gasteiger partial charge is 0.486 e. The molecule has 18 heavy (non-hydrogen) atoms. The summed E-state index contributed by atoms with van der Waals surface area (Å²) in [6.45, 7) is 7.03. The van der Waals surface area contributed by atoms with E-state index in [1.165, 1.54) is 11.0 Å². The van der Waals surface area contributed by atoms with Crippen molar-refractivity contribution in [2.45, 2.75) is 26.7 Å². The van der Waals surface area contributed by atoms with Crippen LogP contribution in [0.15, 0.2) is 54.6 Å². The van der Waals surface area contributed by atoms with Crippen LogP contribution in [0.5, 0.6) is 5.75 Å². The molecule has 0 saturated heterocycles. The van der Waals surface area contributed by atoms with E-state index in [-0.39, 0.29) is 6.10 Å². The Kier molecular flexibility index (Phi) is 4.09. The third-order valence-corrected chi connectivity index (χ3v) is 3.13. The van der Waals surface area contributed by atoms with Crippen molar-refractivity contribution in [2.75, 3.05) is 0 Å². The van der Waals surface area contributed by atoms with Crippen LogP contribution in [0.25, 0.3) is 0 Å². The minimum absolute atomic E-state index is 0.0797. The first kappa shape index (κ1) is 12.8. The molecule has 1 atom stereocenters. The van der Waals surface area contributed by atoms with Gasteiger partial charge in [-0.25, -0.2) is 0 Å². The quantitative estimate of drug-likeness (QED) is 0.736. The zero-order chi connectivity index (χ0) is 13.0. The lowest BCUT2D eigenvalue weighted by Crippen LogP contribution is -2.21. The normalized spacial score (nSPS) is 11.9. The predicted octanol–water partition coefficient (Wildman–Crippen LogP) is 3.79. The van der Waals surface area contributed by atoms with Gasteiger partial charge in [0.05, 0.1) is 0 Å². The Balaban J connectivity index is 2.05. The summed E-state index contributed by atoms with van der Waals surface area (Å²) < 4.78 is 5.94. The first-order valence-corrected chi connectivity index (χ1v) is 6.48. The molecular weight excluding hydrogens is 219 g/mol. The van der Waals surface area contributed by atoms with Crippen molar-refractivity contribution < 1.29 is 4.74 Å². The maximum atomic E-state index is 5.94. The van der Waals surface area contributed by atoms with E-state index in [1.807, 2.05) is 18.2 Å². The molecule has 0 heterocycles. The van der Waals surface area contributed by atoms with Gasteiger partial charge in [-0.15, -0.1) is 0 Å². The Hall–Kier alpha value is -1.70. The van der Waals surface area contributed by atoms with Gasteiger partial charge in [-0.2, -0.15) is 0 Å². The minimum Gasteiger partial charge on any atom is -0.486 e. The fraction of sp³-hybridized carbons (Fsp3) is 0.250. The molecule has 0 spiro atoms. The Bertz CT molecular complexity index is 476. The van der Waals surface area contributed by atoms with Gasteiger partial charge in [0.25, 0.3) is 0 Å². The predicted molar refractivity (Wildman–Crippen MR) is 79.0 cm³/mol. The van der Waals surface area contributed by atoms with Crippen LogP contribution in [0.4, 0.5) is 0 Å². The van der Waals surface area contributed by atoms with E-state index in [4.69, 9.17) is 4.74 Å². The zero-order valence-electron chi connectivity index (χ0n) is 11.3. The smallest absolute Gasteiger partial charge is 0.169 e. The molecule has 92 valence electrons. The van der Waals surface area contributed by atoms with Gasteiger partial charge >= 0.3 is 0 Å². The maximum Gasteiger partial charge on any atom is 0.169 e. The summed E-state index contributed by atoms with van der Waals surface area (Å²) >= 11 is 0. The highest BCUT2D eigenvalue weighted by Gasteiger charge is 2.07. The number of benzene rings is 2. The molecule has 0 aromatic heterocycles. The molecule has 2 aromatic rings. The molecule has 0 aliphatic carbocycles. The second-order valence-corrected chi connectivity index (χ2v) is 4.89. The van der Waals surface area contributed by atoms with E-state index in [2.05, 4.69) is 57.0 Å². The number of ether oxygens (including phenoxy) is 1. The van der Waals surface area contributed by atoms with E-state index in [1.54, 1.807) is 0 Å². The molecule has 0 radical (unpaired) electrons. The second kappa shape index (κ2) is 5.77. The third kappa shape index (κ3) is 3.16. The molecule has 0 aliphatic rings. The third-order valence-electron chi connectivity index (χ3n) is 3.13. The number of hydrogen-bond donors (Lipinski definition) is 0. The van der Waals surface area contributed by atoms with Crippen LogP contribution in [0.3, 0.4) is 0 Å². The van der Waals surface area contributed by atoms with Crippen molar-refractivity contribution in [3.05, 3.63) is 60.2 Å². The lowest BCUT2D eigenvalue weighted by atomic mass is 9.49. The van der Waals surface area contributed by atoms with Crippen LogP contribution in [-0.4, -0.2) is 6.71 Å². The first-order valence-electron chi connectivity index (χ1n) is 6.48. The van der Waals surface area contributed by atoms with Crippen LogP contribution >= 0.6 is 0 Å². The molecule has 0 bridgehead atoms. The maximum absolute atomic E-state index is 5.94. The van der Waals surface area contributed by atoms with Gasteiger partial charge in [0.1, 0.15) is 11.9 Å². The van der Waals surface area contributed by atoms with Crippen LogP contribution in [0.1, 0.15) is 18.6 Å². The summed E-state index contributed by atoms with van der Waals surface area (Å²) in [7, 11) is 0. The molecule has 2 aromatic carbocycles. The molecule has 0 N–H and O–H groups in total. The average molecular weight is 238 g/mol. The van der Waals surface area contributed by atoms with Crippen molar-refractivity contribution >= 4 is 12.2 Å². The second-order valence-electron chi connectivity index (χ2n) is 4.89. The van der Waals surface area contributed by atoms with E-state index in [0.717, 1.165) is 5.75 Å². The van der Waals surface area contributed by atoms with Gasteiger partial charge in [0.15, 0.2) is 6.71 Å². The highest BCUT2D eigenvalue weighted by molar-refractivity contribution is 6.70. The zero-order valence-corrected chi connectivity index (χ0v) is 11.3. The van der Waals surface area contributed by atoms with E-state index < -0.39 is 0 Å². The van der Waals surface area contributed by atoms with Crippen molar-refractivity contribution in [3.8, 4) is 5.75 Å². The van der Waals surface area contributed by atoms with Gasteiger partial charge < -0.3 is 4.74 Å². The van der Waals surface area contributed by atoms with Crippen molar-refractivity contribution in [2.24, 2.45) is 0 Å². The molecule has 0 amide bonds. The Morgan fingerprint density at radius 1 is 0.889 bits per heavy atom. The molecule has 1 unspecified atom stereocenters. The van der Waals surface area contributed by atoms with Crippen LogP contribution in [-0.2, 0) is 0 Å². The molecule has 1 nitrogen and oxygen atoms in total. The van der Waals surface area contributed by atoms with Gasteiger partial charge in [-0.3, -0.25) is 0 Å². The van der Waals surface area contributed by atoms with Gasteiger partial charge in [-0.05, 0) is 24.6 Å². The van der Waals surface area contributed by atoms with Crippen molar-refractivity contribution in [1.82, 2.24) is 0 Å². The molecule has 2 rings (SSSR count). The first-order chi connectivity index (χ1) is 8.66. The summed E-state index contributed by atoms with van der Waals surface area (Å²) in [5.41, 5.74) is 2.54. The number of hydrogen-bond acceptors (Lipinski definition) is 1. The molecular formula is C16H19BO. The van der Waals surface area contributed by atoms with Crippen LogP contribution in [0.2, 0.25) is 13.6 Å². The highest BCUT2D eigenvalue weighted by atomic mass is 16.5. The lowest BCUT2D eigenvalue weighted by molar-refractivity contribution is 0.227. The summed E-state index contributed by atoms with van der Waals surface area (Å²) in [6, 6.07) is 18.7.